The molecule has 0 amide bonds. The zero-order valence-electron chi connectivity index (χ0n) is 17.1. The Morgan fingerprint density at radius 3 is 2.77 bits per heavy atom. The van der Waals surface area contributed by atoms with Gasteiger partial charge < -0.3 is 14.2 Å². The van der Waals surface area contributed by atoms with Crippen molar-refractivity contribution in [2.24, 2.45) is 4.99 Å². The summed E-state index contributed by atoms with van der Waals surface area (Å²) in [4.78, 5) is 17.5. The van der Waals surface area contributed by atoms with Crippen molar-refractivity contribution >= 4 is 51.9 Å². The molecule has 0 radical (unpaired) electrons. The van der Waals surface area contributed by atoms with E-state index in [2.05, 4.69) is 46.6 Å². The van der Waals surface area contributed by atoms with E-state index < -0.39 is 5.97 Å². The van der Waals surface area contributed by atoms with Gasteiger partial charge in [0.2, 0.25) is 5.90 Å². The minimum Gasteiger partial charge on any atom is -0.490 e. The lowest BCUT2D eigenvalue weighted by Crippen LogP contribution is -2.04. The van der Waals surface area contributed by atoms with Crippen molar-refractivity contribution < 1.29 is 19.0 Å². The van der Waals surface area contributed by atoms with Gasteiger partial charge in [-0.3, -0.25) is 0 Å². The van der Waals surface area contributed by atoms with Crippen LogP contribution < -0.4 is 9.47 Å². The number of esters is 1. The third-order valence-corrected chi connectivity index (χ3v) is 6.11. The monoisotopic (exact) mass is 545 g/mol. The molecule has 2 heterocycles. The molecule has 3 aromatic rings. The first-order valence-electron chi connectivity index (χ1n) is 9.74. The molecule has 0 bridgehead atoms. The third kappa shape index (κ3) is 5.16. The fourth-order valence-corrected chi connectivity index (χ4v) is 4.53. The Morgan fingerprint density at radius 1 is 1.16 bits per heavy atom. The summed E-state index contributed by atoms with van der Waals surface area (Å²) in [5, 5.41) is 1.92. The van der Waals surface area contributed by atoms with Crippen LogP contribution in [0.5, 0.6) is 11.5 Å². The lowest BCUT2D eigenvalue weighted by molar-refractivity contribution is -0.129. The first-order valence-corrected chi connectivity index (χ1v) is 11.7. The van der Waals surface area contributed by atoms with Gasteiger partial charge in [-0.05, 0) is 77.2 Å². The largest absolute Gasteiger partial charge is 0.490 e. The summed E-state index contributed by atoms with van der Waals surface area (Å²) in [6.45, 7) is 4.93. The highest BCUT2D eigenvalue weighted by atomic mass is 127. The van der Waals surface area contributed by atoms with Crippen molar-refractivity contribution in [3.63, 3.8) is 0 Å². The topological polar surface area (TPSA) is 57.1 Å². The van der Waals surface area contributed by atoms with Crippen LogP contribution in [0.25, 0.3) is 6.08 Å². The molecule has 0 saturated carbocycles. The Balaban J connectivity index is 1.61. The predicted molar refractivity (Wildman–Crippen MR) is 131 cm³/mol. The van der Waals surface area contributed by atoms with Crippen LogP contribution in [0.3, 0.4) is 0 Å². The molecule has 1 aromatic heterocycles. The third-order valence-electron chi connectivity index (χ3n) is 4.45. The number of rotatable bonds is 7. The minimum absolute atomic E-state index is 0.259. The Bertz CT molecular complexity index is 1170. The maximum atomic E-state index is 12.3. The molecule has 1 aliphatic heterocycles. The number of hydrogen-bond donors (Lipinski definition) is 0. The summed E-state index contributed by atoms with van der Waals surface area (Å²) in [5.74, 6) is 1.19. The molecule has 0 aliphatic carbocycles. The number of carbonyl (C=O) groups is 1. The van der Waals surface area contributed by atoms with E-state index in [0.717, 1.165) is 19.6 Å². The van der Waals surface area contributed by atoms with Gasteiger partial charge in [0.25, 0.3) is 0 Å². The lowest BCUT2D eigenvalue weighted by atomic mass is 10.1. The van der Waals surface area contributed by atoms with Crippen LogP contribution in [0.15, 0.2) is 64.6 Å². The fourth-order valence-electron chi connectivity index (χ4n) is 3.10. The normalized spacial score (nSPS) is 14.5. The van der Waals surface area contributed by atoms with Crippen molar-refractivity contribution in [2.45, 2.75) is 20.5 Å². The van der Waals surface area contributed by atoms with E-state index in [1.807, 2.05) is 48.7 Å². The van der Waals surface area contributed by atoms with Crippen molar-refractivity contribution in [3.8, 4) is 11.5 Å². The molecule has 0 atom stereocenters. The molecule has 0 fully saturated rings. The van der Waals surface area contributed by atoms with Crippen LogP contribution >= 0.6 is 33.9 Å². The molecular weight excluding hydrogens is 525 g/mol. The van der Waals surface area contributed by atoms with E-state index >= 15 is 0 Å². The number of halogens is 1. The number of nitrogens with zero attached hydrogens (tertiary/aromatic N) is 1. The number of ether oxygens (including phenoxy) is 3. The second-order valence-corrected chi connectivity index (χ2v) is 8.96. The van der Waals surface area contributed by atoms with Gasteiger partial charge in [0, 0.05) is 0 Å². The number of aryl methyl sites for hydroxylation is 1. The van der Waals surface area contributed by atoms with E-state index in [-0.39, 0.29) is 5.70 Å². The van der Waals surface area contributed by atoms with Crippen molar-refractivity contribution in [1.29, 1.82) is 0 Å². The standard InChI is InChI=1S/C24H20INO4S/c1-3-28-20-13-17(12-19-24(27)30-23(26-19)21-8-5-9-31-21)11-18(25)22(20)29-14-16-7-4-6-15(2)10-16/h4-13H,3,14H2,1-2H3/b19-12+. The number of thiophene rings is 1. The summed E-state index contributed by atoms with van der Waals surface area (Å²) in [6.07, 6.45) is 1.71. The first-order chi connectivity index (χ1) is 15.0. The maximum absolute atomic E-state index is 12.3. The van der Waals surface area contributed by atoms with Crippen LogP contribution in [0.1, 0.15) is 28.5 Å². The molecule has 0 saturated heterocycles. The Kier molecular flexibility index (Phi) is 6.72. The molecule has 158 valence electrons. The van der Waals surface area contributed by atoms with Gasteiger partial charge in [0.1, 0.15) is 6.61 Å². The molecule has 1 aliphatic rings. The number of cyclic esters (lactones) is 1. The fraction of sp³-hybridized carbons (Fsp3) is 0.167. The molecule has 7 heteroatoms. The average molecular weight is 545 g/mol. The first kappa shape index (κ1) is 21.6. The van der Waals surface area contributed by atoms with Gasteiger partial charge in [-0.2, -0.15) is 0 Å². The quantitative estimate of drug-likeness (QED) is 0.208. The number of hydrogen-bond acceptors (Lipinski definition) is 6. The number of benzene rings is 2. The highest BCUT2D eigenvalue weighted by Gasteiger charge is 2.25. The zero-order valence-corrected chi connectivity index (χ0v) is 20.0. The smallest absolute Gasteiger partial charge is 0.363 e. The Labute approximate surface area is 198 Å². The summed E-state index contributed by atoms with van der Waals surface area (Å²) in [7, 11) is 0. The molecule has 0 spiro atoms. The molecule has 2 aromatic carbocycles. The van der Waals surface area contributed by atoms with Crippen LogP contribution in [0, 0.1) is 10.5 Å². The second-order valence-electron chi connectivity index (χ2n) is 6.85. The summed E-state index contributed by atoms with van der Waals surface area (Å²) < 4.78 is 18.1. The van der Waals surface area contributed by atoms with Gasteiger partial charge in [0.05, 0.1) is 15.1 Å². The summed E-state index contributed by atoms with van der Waals surface area (Å²) in [5.41, 5.74) is 3.33. The van der Waals surface area contributed by atoms with Gasteiger partial charge in [-0.25, -0.2) is 9.79 Å². The lowest BCUT2D eigenvalue weighted by Gasteiger charge is -2.15. The number of carbonyl (C=O) groups excluding carboxylic acids is 1. The molecule has 5 nitrogen and oxygen atoms in total. The van der Waals surface area contributed by atoms with Gasteiger partial charge >= 0.3 is 5.97 Å². The van der Waals surface area contributed by atoms with Crippen LogP contribution in [0.4, 0.5) is 0 Å². The zero-order chi connectivity index (χ0) is 21.8. The SMILES string of the molecule is CCOc1cc(/C=C2/N=C(c3cccs3)OC2=O)cc(I)c1OCc1cccc(C)c1. The van der Waals surface area contributed by atoms with Crippen molar-refractivity contribution in [3.05, 3.63) is 84.7 Å². The summed E-state index contributed by atoms with van der Waals surface area (Å²) in [6, 6.07) is 15.8. The van der Waals surface area contributed by atoms with E-state index in [1.54, 1.807) is 6.08 Å². The minimum atomic E-state index is -0.462. The van der Waals surface area contributed by atoms with Crippen LogP contribution in [-0.4, -0.2) is 18.5 Å². The average Bonchev–Trinajstić information content (AvgIpc) is 3.38. The predicted octanol–water partition coefficient (Wildman–Crippen LogP) is 5.98. The van der Waals surface area contributed by atoms with Crippen molar-refractivity contribution in [2.75, 3.05) is 6.61 Å². The van der Waals surface area contributed by atoms with E-state index in [9.17, 15) is 4.79 Å². The van der Waals surface area contributed by atoms with E-state index in [0.29, 0.717) is 30.6 Å². The van der Waals surface area contributed by atoms with E-state index in [4.69, 9.17) is 14.2 Å². The molecule has 0 N–H and O–H groups in total. The van der Waals surface area contributed by atoms with Crippen molar-refractivity contribution in [1.82, 2.24) is 0 Å². The Morgan fingerprint density at radius 2 is 2.03 bits per heavy atom. The van der Waals surface area contributed by atoms with Gasteiger partial charge in [0.15, 0.2) is 17.2 Å². The second kappa shape index (κ2) is 9.65. The highest BCUT2D eigenvalue weighted by molar-refractivity contribution is 14.1. The Hall–Kier alpha value is -2.65. The molecular formula is C24H20INO4S. The van der Waals surface area contributed by atoms with Crippen LogP contribution in [0.2, 0.25) is 0 Å². The number of aliphatic imine (C=N–C) groups is 1. The molecule has 0 unspecified atom stereocenters. The van der Waals surface area contributed by atoms with E-state index in [1.165, 1.54) is 16.9 Å². The van der Waals surface area contributed by atoms with Crippen LogP contribution in [-0.2, 0) is 16.1 Å². The highest BCUT2D eigenvalue weighted by Crippen LogP contribution is 2.36. The molecule has 4 rings (SSSR count). The maximum Gasteiger partial charge on any atom is 0.363 e. The van der Waals surface area contributed by atoms with Gasteiger partial charge in [-0.15, -0.1) is 11.3 Å². The summed E-state index contributed by atoms with van der Waals surface area (Å²) >= 11 is 3.70. The van der Waals surface area contributed by atoms with Gasteiger partial charge in [-0.1, -0.05) is 35.9 Å². The molecule has 31 heavy (non-hydrogen) atoms.